The number of nitrogens with one attached hydrogen (secondary N) is 2. The van der Waals surface area contributed by atoms with E-state index < -0.39 is 29.9 Å². The molecule has 2 amide bonds. The summed E-state index contributed by atoms with van der Waals surface area (Å²) in [6, 6.07) is 15.1. The van der Waals surface area contributed by atoms with Gasteiger partial charge in [-0.25, -0.2) is 0 Å². The number of hydrogen-bond acceptors (Lipinski definition) is 3. The summed E-state index contributed by atoms with van der Waals surface area (Å²) < 4.78 is 0. The van der Waals surface area contributed by atoms with Gasteiger partial charge >= 0.3 is 5.97 Å². The molecule has 0 aliphatic carbocycles. The molecule has 0 aliphatic heterocycles. The second-order valence-corrected chi connectivity index (χ2v) is 5.25. The largest absolute Gasteiger partial charge is 0.480 e. The molecule has 2 rings (SSSR count). The lowest BCUT2D eigenvalue weighted by molar-refractivity contribution is -0.141. The van der Waals surface area contributed by atoms with Crippen LogP contribution in [0.5, 0.6) is 0 Å². The summed E-state index contributed by atoms with van der Waals surface area (Å²) in [4.78, 5) is 35.7. The molecule has 2 atom stereocenters. The molecule has 6 nitrogen and oxygen atoms in total. The quantitative estimate of drug-likeness (QED) is 0.753. The summed E-state index contributed by atoms with van der Waals surface area (Å²) in [5.41, 5.74) is 0.981. The van der Waals surface area contributed by atoms with Crippen molar-refractivity contribution in [3.8, 4) is 0 Å². The molecule has 0 fully saturated rings. The fourth-order valence-electron chi connectivity index (χ4n) is 2.11. The first-order chi connectivity index (χ1) is 11.5. The van der Waals surface area contributed by atoms with Crippen molar-refractivity contribution in [2.45, 2.75) is 19.0 Å². The van der Waals surface area contributed by atoms with Crippen molar-refractivity contribution in [2.24, 2.45) is 0 Å². The molecule has 2 aromatic rings. The molecule has 3 N–H and O–H groups in total. The normalized spacial score (nSPS) is 12.7. The lowest BCUT2D eigenvalue weighted by Crippen LogP contribution is -2.46. The predicted molar refractivity (Wildman–Crippen MR) is 88.3 cm³/mol. The van der Waals surface area contributed by atoms with E-state index in [0.29, 0.717) is 11.1 Å². The molecule has 0 bridgehead atoms. The zero-order chi connectivity index (χ0) is 17.5. The Balaban J connectivity index is 2.22. The van der Waals surface area contributed by atoms with E-state index in [1.54, 1.807) is 60.7 Å². The SMILES string of the molecule is C[C@@H](NC(=O)C(NC(=O)c1ccccc1)c1ccccc1)C(=O)O. The number of benzene rings is 2. The molecule has 0 radical (unpaired) electrons. The summed E-state index contributed by atoms with van der Waals surface area (Å²) in [6.45, 7) is 1.36. The zero-order valence-corrected chi connectivity index (χ0v) is 13.1. The average molecular weight is 326 g/mol. The zero-order valence-electron chi connectivity index (χ0n) is 13.1. The van der Waals surface area contributed by atoms with Gasteiger partial charge in [-0.1, -0.05) is 48.5 Å². The number of amides is 2. The van der Waals surface area contributed by atoms with Gasteiger partial charge in [-0.15, -0.1) is 0 Å². The molecule has 0 heterocycles. The molecular formula is C18H18N2O4. The van der Waals surface area contributed by atoms with Gasteiger partial charge in [-0.2, -0.15) is 0 Å². The minimum Gasteiger partial charge on any atom is -0.480 e. The summed E-state index contributed by atoms with van der Waals surface area (Å²) >= 11 is 0. The molecule has 2 aromatic carbocycles. The summed E-state index contributed by atoms with van der Waals surface area (Å²) in [7, 11) is 0. The lowest BCUT2D eigenvalue weighted by atomic mass is 10.0. The predicted octanol–water partition coefficient (Wildman–Crippen LogP) is 1.75. The Morgan fingerprint density at radius 1 is 0.875 bits per heavy atom. The Bertz CT molecular complexity index is 716. The highest BCUT2D eigenvalue weighted by molar-refractivity contribution is 5.98. The molecule has 0 saturated carbocycles. The van der Waals surface area contributed by atoms with Crippen molar-refractivity contribution >= 4 is 17.8 Å². The number of carbonyl (C=O) groups excluding carboxylic acids is 2. The Kier molecular flexibility index (Phi) is 5.68. The Labute approximate surface area is 139 Å². The summed E-state index contributed by atoms with van der Waals surface area (Å²) in [5, 5.41) is 14.0. The Morgan fingerprint density at radius 3 is 1.96 bits per heavy atom. The van der Waals surface area contributed by atoms with Crippen LogP contribution in [-0.4, -0.2) is 28.9 Å². The first-order valence-electron chi connectivity index (χ1n) is 7.43. The van der Waals surface area contributed by atoms with Crippen LogP contribution in [0.4, 0.5) is 0 Å². The third-order valence-corrected chi connectivity index (χ3v) is 3.44. The molecule has 0 saturated heterocycles. The van der Waals surface area contributed by atoms with Gasteiger partial charge in [-0.05, 0) is 24.6 Å². The number of carbonyl (C=O) groups is 3. The third kappa shape index (κ3) is 4.42. The van der Waals surface area contributed by atoms with E-state index >= 15 is 0 Å². The van der Waals surface area contributed by atoms with Gasteiger partial charge in [0.25, 0.3) is 5.91 Å². The van der Waals surface area contributed by atoms with Crippen molar-refractivity contribution in [3.63, 3.8) is 0 Å². The highest BCUT2D eigenvalue weighted by atomic mass is 16.4. The minimum atomic E-state index is -1.15. The van der Waals surface area contributed by atoms with E-state index in [1.165, 1.54) is 6.92 Å². The van der Waals surface area contributed by atoms with Crippen LogP contribution in [0.2, 0.25) is 0 Å². The van der Waals surface area contributed by atoms with Crippen molar-refractivity contribution in [1.82, 2.24) is 10.6 Å². The molecule has 24 heavy (non-hydrogen) atoms. The van der Waals surface area contributed by atoms with Gasteiger partial charge in [0.05, 0.1) is 0 Å². The van der Waals surface area contributed by atoms with Crippen LogP contribution in [-0.2, 0) is 9.59 Å². The fraction of sp³-hybridized carbons (Fsp3) is 0.167. The summed E-state index contributed by atoms with van der Waals surface area (Å²) in [5.74, 6) is -2.15. The summed E-state index contributed by atoms with van der Waals surface area (Å²) in [6.07, 6.45) is 0. The van der Waals surface area contributed by atoms with Gasteiger partial charge in [0.2, 0.25) is 5.91 Å². The van der Waals surface area contributed by atoms with Crippen LogP contribution in [0.1, 0.15) is 28.9 Å². The number of hydrogen-bond donors (Lipinski definition) is 3. The highest BCUT2D eigenvalue weighted by Crippen LogP contribution is 2.14. The van der Waals surface area contributed by atoms with E-state index in [2.05, 4.69) is 10.6 Å². The smallest absolute Gasteiger partial charge is 0.325 e. The maximum atomic E-state index is 12.4. The second kappa shape index (κ2) is 7.92. The van der Waals surface area contributed by atoms with Gasteiger partial charge in [0.15, 0.2) is 0 Å². The van der Waals surface area contributed by atoms with Crippen molar-refractivity contribution in [1.29, 1.82) is 0 Å². The van der Waals surface area contributed by atoms with Gasteiger partial charge in [0.1, 0.15) is 12.1 Å². The van der Waals surface area contributed by atoms with Crippen molar-refractivity contribution in [3.05, 3.63) is 71.8 Å². The maximum absolute atomic E-state index is 12.4. The van der Waals surface area contributed by atoms with Crippen molar-refractivity contribution in [2.75, 3.05) is 0 Å². The van der Waals surface area contributed by atoms with E-state index in [4.69, 9.17) is 5.11 Å². The van der Waals surface area contributed by atoms with E-state index in [9.17, 15) is 14.4 Å². The van der Waals surface area contributed by atoms with Gasteiger partial charge < -0.3 is 15.7 Å². The van der Waals surface area contributed by atoms with Gasteiger partial charge in [-0.3, -0.25) is 14.4 Å². The molecular weight excluding hydrogens is 308 g/mol. The Hall–Kier alpha value is -3.15. The molecule has 0 spiro atoms. The van der Waals surface area contributed by atoms with Crippen LogP contribution in [0.3, 0.4) is 0 Å². The number of aliphatic carboxylic acids is 1. The van der Waals surface area contributed by atoms with E-state index in [-0.39, 0.29) is 0 Å². The average Bonchev–Trinajstić information content (AvgIpc) is 2.60. The lowest BCUT2D eigenvalue weighted by Gasteiger charge is -2.20. The van der Waals surface area contributed by atoms with E-state index in [0.717, 1.165) is 0 Å². The standard InChI is InChI=1S/C18H18N2O4/c1-12(18(23)24)19-17(22)15(13-8-4-2-5-9-13)20-16(21)14-10-6-3-7-11-14/h2-12,15H,1H3,(H,19,22)(H,20,21)(H,23,24)/t12-,15?/m1/s1. The first kappa shape index (κ1) is 17.2. The molecule has 6 heteroatoms. The second-order valence-electron chi connectivity index (χ2n) is 5.25. The highest BCUT2D eigenvalue weighted by Gasteiger charge is 2.25. The van der Waals surface area contributed by atoms with Crippen LogP contribution in [0.15, 0.2) is 60.7 Å². The van der Waals surface area contributed by atoms with Crippen molar-refractivity contribution < 1.29 is 19.5 Å². The third-order valence-electron chi connectivity index (χ3n) is 3.44. The molecule has 1 unspecified atom stereocenters. The maximum Gasteiger partial charge on any atom is 0.325 e. The van der Waals surface area contributed by atoms with Gasteiger partial charge in [0, 0.05) is 5.56 Å². The van der Waals surface area contributed by atoms with Crippen LogP contribution >= 0.6 is 0 Å². The Morgan fingerprint density at radius 2 is 1.42 bits per heavy atom. The number of carboxylic acid groups (broad SMARTS) is 1. The monoisotopic (exact) mass is 326 g/mol. The molecule has 0 aliphatic rings. The fourth-order valence-corrected chi connectivity index (χ4v) is 2.11. The number of carboxylic acids is 1. The van der Waals surface area contributed by atoms with E-state index in [1.807, 2.05) is 0 Å². The molecule has 124 valence electrons. The van der Waals surface area contributed by atoms with Crippen LogP contribution in [0.25, 0.3) is 0 Å². The molecule has 0 aromatic heterocycles. The topological polar surface area (TPSA) is 95.5 Å². The number of rotatable bonds is 6. The van der Waals surface area contributed by atoms with Crippen LogP contribution in [0, 0.1) is 0 Å². The van der Waals surface area contributed by atoms with Crippen LogP contribution < -0.4 is 10.6 Å². The minimum absolute atomic E-state index is 0.414. The first-order valence-corrected chi connectivity index (χ1v) is 7.43.